The number of carbonyl (C=O) groups is 2. The van der Waals surface area contributed by atoms with E-state index in [1.54, 1.807) is 18.2 Å². The molecule has 0 saturated carbocycles. The zero-order valence-corrected chi connectivity index (χ0v) is 13.1. The van der Waals surface area contributed by atoms with Crippen LogP contribution in [0.3, 0.4) is 0 Å². The fraction of sp³-hybridized carbons (Fsp3) is 0.0667. The summed E-state index contributed by atoms with van der Waals surface area (Å²) in [4.78, 5) is 23.4. The van der Waals surface area contributed by atoms with Gasteiger partial charge in [0.2, 0.25) is 0 Å². The maximum Gasteiger partial charge on any atom is 0.573 e. The number of amides is 3. The van der Waals surface area contributed by atoms with Gasteiger partial charge in [0.25, 0.3) is 5.91 Å². The highest BCUT2D eigenvalue weighted by Gasteiger charge is 2.31. The molecule has 2 rings (SSSR count). The molecule has 0 fully saturated rings. The number of primary amides is 1. The largest absolute Gasteiger partial charge is 0.573 e. The number of rotatable bonds is 4. The molecule has 132 valence electrons. The molecule has 0 aliphatic heterocycles. The molecular weight excluding hydrogens is 363 g/mol. The Balaban J connectivity index is 2.21. The van der Waals surface area contributed by atoms with Gasteiger partial charge in [0.1, 0.15) is 5.75 Å². The first-order valence-corrected chi connectivity index (χ1v) is 7.05. The molecular formula is C15H11ClF3N3O3. The maximum absolute atomic E-state index is 12.3. The van der Waals surface area contributed by atoms with Crippen molar-refractivity contribution in [1.82, 2.24) is 0 Å². The van der Waals surface area contributed by atoms with Crippen LogP contribution in [0.1, 0.15) is 10.4 Å². The summed E-state index contributed by atoms with van der Waals surface area (Å²) >= 11 is 5.78. The molecule has 0 heterocycles. The highest BCUT2D eigenvalue weighted by Crippen LogP contribution is 2.28. The van der Waals surface area contributed by atoms with Gasteiger partial charge in [-0.15, -0.1) is 13.2 Å². The van der Waals surface area contributed by atoms with E-state index in [-0.39, 0.29) is 11.3 Å². The number of nitrogens with one attached hydrogen (secondary N) is 2. The number of anilines is 2. The molecule has 2 aromatic rings. The SMILES string of the molecule is NC(=O)c1ccc(OC(F)(F)F)cc1NC(=O)Nc1cccc(Cl)c1. The second kappa shape index (κ2) is 7.31. The minimum absolute atomic E-state index is 0.184. The van der Waals surface area contributed by atoms with Gasteiger partial charge in [-0.3, -0.25) is 4.79 Å². The molecule has 25 heavy (non-hydrogen) atoms. The van der Waals surface area contributed by atoms with Gasteiger partial charge in [0, 0.05) is 16.8 Å². The standard InChI is InChI=1S/C15H11ClF3N3O3/c16-8-2-1-3-9(6-8)21-14(24)22-12-7-10(25-15(17,18)19)4-5-11(12)13(20)23/h1-7H,(H2,20,23)(H2,21,22,24). The fourth-order valence-electron chi connectivity index (χ4n) is 1.89. The zero-order valence-electron chi connectivity index (χ0n) is 12.4. The summed E-state index contributed by atoms with van der Waals surface area (Å²) in [6.45, 7) is 0. The van der Waals surface area contributed by atoms with Crippen molar-refractivity contribution < 1.29 is 27.5 Å². The number of nitrogens with two attached hydrogens (primary N) is 1. The van der Waals surface area contributed by atoms with Crippen molar-refractivity contribution in [3.63, 3.8) is 0 Å². The van der Waals surface area contributed by atoms with Crippen molar-refractivity contribution in [2.75, 3.05) is 10.6 Å². The lowest BCUT2D eigenvalue weighted by Crippen LogP contribution is -2.23. The molecule has 0 unspecified atom stereocenters. The monoisotopic (exact) mass is 373 g/mol. The Morgan fingerprint density at radius 3 is 2.40 bits per heavy atom. The summed E-state index contributed by atoms with van der Waals surface area (Å²) in [6.07, 6.45) is -4.92. The molecule has 0 aromatic heterocycles. The van der Waals surface area contributed by atoms with Gasteiger partial charge in [-0.2, -0.15) is 0 Å². The van der Waals surface area contributed by atoms with Gasteiger partial charge in [0.15, 0.2) is 0 Å². The van der Waals surface area contributed by atoms with Crippen molar-refractivity contribution in [2.24, 2.45) is 5.73 Å². The van der Waals surface area contributed by atoms with Crippen molar-refractivity contribution in [2.45, 2.75) is 6.36 Å². The van der Waals surface area contributed by atoms with Crippen LogP contribution >= 0.6 is 11.6 Å². The van der Waals surface area contributed by atoms with Crippen LogP contribution in [0.2, 0.25) is 5.02 Å². The Labute approximate surface area is 144 Å². The van der Waals surface area contributed by atoms with Gasteiger partial charge in [-0.05, 0) is 30.3 Å². The third-order valence-electron chi connectivity index (χ3n) is 2.82. The van der Waals surface area contributed by atoms with Crippen LogP contribution in [0.4, 0.5) is 29.3 Å². The van der Waals surface area contributed by atoms with Gasteiger partial charge >= 0.3 is 12.4 Å². The topological polar surface area (TPSA) is 93.5 Å². The van der Waals surface area contributed by atoms with Crippen LogP contribution in [0.15, 0.2) is 42.5 Å². The normalized spacial score (nSPS) is 10.9. The molecule has 2 aromatic carbocycles. The molecule has 0 aliphatic rings. The van der Waals surface area contributed by atoms with Crippen LogP contribution in [0, 0.1) is 0 Å². The Hall–Kier alpha value is -2.94. The average Bonchev–Trinajstić information content (AvgIpc) is 2.45. The number of halogens is 4. The summed E-state index contributed by atoms with van der Waals surface area (Å²) in [5.74, 6) is -1.55. The van der Waals surface area contributed by atoms with E-state index in [0.717, 1.165) is 18.2 Å². The van der Waals surface area contributed by atoms with E-state index in [0.29, 0.717) is 10.7 Å². The summed E-state index contributed by atoms with van der Waals surface area (Å²) in [7, 11) is 0. The quantitative estimate of drug-likeness (QED) is 0.756. The second-order valence-corrected chi connectivity index (χ2v) is 5.15. The molecule has 0 radical (unpaired) electrons. The van der Waals surface area contributed by atoms with Gasteiger partial charge < -0.3 is 21.1 Å². The first-order valence-electron chi connectivity index (χ1n) is 6.67. The molecule has 0 spiro atoms. The van der Waals surface area contributed by atoms with E-state index in [4.69, 9.17) is 17.3 Å². The van der Waals surface area contributed by atoms with E-state index in [2.05, 4.69) is 15.4 Å². The maximum atomic E-state index is 12.3. The van der Waals surface area contributed by atoms with E-state index in [9.17, 15) is 22.8 Å². The third-order valence-corrected chi connectivity index (χ3v) is 3.06. The van der Waals surface area contributed by atoms with E-state index in [1.807, 2.05) is 0 Å². The smallest absolute Gasteiger partial charge is 0.406 e. The molecule has 0 atom stereocenters. The van der Waals surface area contributed by atoms with Crippen LogP contribution in [-0.4, -0.2) is 18.3 Å². The van der Waals surface area contributed by atoms with E-state index in [1.165, 1.54) is 6.07 Å². The number of urea groups is 1. The highest BCUT2D eigenvalue weighted by atomic mass is 35.5. The zero-order chi connectivity index (χ0) is 18.6. The Kier molecular flexibility index (Phi) is 5.38. The van der Waals surface area contributed by atoms with Crippen molar-refractivity contribution in [3.05, 3.63) is 53.1 Å². The van der Waals surface area contributed by atoms with Crippen LogP contribution in [0.25, 0.3) is 0 Å². The summed E-state index contributed by atoms with van der Waals surface area (Å²) in [5, 5.41) is 5.03. The summed E-state index contributed by atoms with van der Waals surface area (Å²) in [6, 6.07) is 8.13. The summed E-state index contributed by atoms with van der Waals surface area (Å²) < 4.78 is 40.6. The van der Waals surface area contributed by atoms with Crippen LogP contribution in [0.5, 0.6) is 5.75 Å². The summed E-state index contributed by atoms with van der Waals surface area (Å²) in [5.41, 5.74) is 5.06. The Bertz CT molecular complexity index is 812. The van der Waals surface area contributed by atoms with Crippen molar-refractivity contribution in [3.8, 4) is 5.75 Å². The van der Waals surface area contributed by atoms with Crippen molar-refractivity contribution in [1.29, 1.82) is 0 Å². The number of ether oxygens (including phenoxy) is 1. The molecule has 0 bridgehead atoms. The lowest BCUT2D eigenvalue weighted by molar-refractivity contribution is -0.274. The molecule has 3 amide bonds. The molecule has 6 nitrogen and oxygen atoms in total. The molecule has 4 N–H and O–H groups in total. The first-order chi connectivity index (χ1) is 11.6. The van der Waals surface area contributed by atoms with Crippen LogP contribution in [-0.2, 0) is 0 Å². The minimum atomic E-state index is -4.92. The molecule has 0 saturated heterocycles. The van der Waals surface area contributed by atoms with E-state index >= 15 is 0 Å². The molecule has 0 aliphatic carbocycles. The van der Waals surface area contributed by atoms with E-state index < -0.39 is 24.1 Å². The third kappa shape index (κ3) is 5.57. The predicted molar refractivity (Wildman–Crippen MR) is 85.7 cm³/mol. The van der Waals surface area contributed by atoms with Gasteiger partial charge in [0.05, 0.1) is 11.3 Å². The Morgan fingerprint density at radius 1 is 1.08 bits per heavy atom. The fourth-order valence-corrected chi connectivity index (χ4v) is 2.08. The lowest BCUT2D eigenvalue weighted by Gasteiger charge is -2.14. The van der Waals surface area contributed by atoms with Gasteiger partial charge in [-0.25, -0.2) is 4.79 Å². The number of alkyl halides is 3. The van der Waals surface area contributed by atoms with Gasteiger partial charge in [-0.1, -0.05) is 17.7 Å². The number of hydrogen-bond donors (Lipinski definition) is 3. The first kappa shape index (κ1) is 18.4. The molecule has 10 heteroatoms. The van der Waals surface area contributed by atoms with Crippen LogP contribution < -0.4 is 21.1 Å². The number of carbonyl (C=O) groups excluding carboxylic acids is 2. The minimum Gasteiger partial charge on any atom is -0.406 e. The Morgan fingerprint density at radius 2 is 1.80 bits per heavy atom. The lowest BCUT2D eigenvalue weighted by atomic mass is 10.1. The number of benzene rings is 2. The number of hydrogen-bond acceptors (Lipinski definition) is 3. The second-order valence-electron chi connectivity index (χ2n) is 4.71. The highest BCUT2D eigenvalue weighted by molar-refractivity contribution is 6.30. The predicted octanol–water partition coefficient (Wildman–Crippen LogP) is 3.98. The van der Waals surface area contributed by atoms with Crippen molar-refractivity contribution >= 4 is 34.9 Å². The average molecular weight is 374 g/mol.